The van der Waals surface area contributed by atoms with Crippen LogP contribution < -0.4 is 9.63 Å². The first-order chi connectivity index (χ1) is 4.57. The molecule has 0 spiro atoms. The van der Waals surface area contributed by atoms with Gasteiger partial charge in [0.15, 0.2) is 18.2 Å². The van der Waals surface area contributed by atoms with Crippen molar-refractivity contribution in [3.8, 4) is 0 Å². The van der Waals surface area contributed by atoms with E-state index in [1.165, 1.54) is 0 Å². The maximum atomic E-state index is 3.57. The highest BCUT2D eigenvalue weighted by Crippen LogP contribution is 1.79. The van der Waals surface area contributed by atoms with E-state index in [1.807, 2.05) is 7.05 Å². The Hall–Kier alpha value is 0.531. The Morgan fingerprint density at radius 3 is 2.20 bits per heavy atom. The average molecular weight is 190 g/mol. The molecule has 2 N–H and O–H groups in total. The predicted molar refractivity (Wildman–Crippen MR) is 51.7 cm³/mol. The lowest BCUT2D eigenvalue weighted by Crippen LogP contribution is -2.55. The van der Waals surface area contributed by atoms with Crippen molar-refractivity contribution >= 4 is 28.6 Å². The van der Waals surface area contributed by atoms with E-state index in [9.17, 15) is 0 Å². The molecule has 0 aromatic carbocycles. The predicted octanol–water partition coefficient (Wildman–Crippen LogP) is -1.49. The third kappa shape index (κ3) is 4.36. The molecule has 59 valence electrons. The minimum atomic E-state index is -0.855. The van der Waals surface area contributed by atoms with Gasteiger partial charge >= 0.3 is 0 Å². The molecule has 0 aliphatic heterocycles. The van der Waals surface area contributed by atoms with Crippen molar-refractivity contribution < 1.29 is 0 Å². The Bertz CT molecular complexity index is 89.8. The molecular formula is C4H16N3Si3. The fraction of sp³-hybridized carbons (Fsp3) is 1.00. The highest BCUT2D eigenvalue weighted by atomic mass is 28.4. The van der Waals surface area contributed by atoms with E-state index < -0.39 is 18.2 Å². The van der Waals surface area contributed by atoms with Gasteiger partial charge in [0.05, 0.1) is 0 Å². The molecule has 3 nitrogen and oxygen atoms in total. The zero-order chi connectivity index (χ0) is 8.15. The molecule has 6 heteroatoms. The summed E-state index contributed by atoms with van der Waals surface area (Å²) in [6, 6.07) is 0. The topological polar surface area (TPSA) is 27.3 Å². The second-order valence-electron chi connectivity index (χ2n) is 2.46. The van der Waals surface area contributed by atoms with Gasteiger partial charge in [0, 0.05) is 0 Å². The van der Waals surface area contributed by atoms with Gasteiger partial charge in [-0.3, -0.25) is 0 Å². The second kappa shape index (κ2) is 5.22. The molecule has 2 unspecified atom stereocenters. The van der Waals surface area contributed by atoms with Gasteiger partial charge in [0.1, 0.15) is 10.4 Å². The standard InChI is InChI=1S/C4H16N3Si3/c1-5-9(3)6-10(4)7(2)8/h5-6,9-10H,1-4H3. The fourth-order valence-electron chi connectivity index (χ4n) is 0.557. The Kier molecular flexibility index (Phi) is 5.49. The summed E-state index contributed by atoms with van der Waals surface area (Å²) < 4.78 is 5.68. The van der Waals surface area contributed by atoms with Gasteiger partial charge in [0.25, 0.3) is 0 Å². The maximum absolute atomic E-state index is 3.57. The van der Waals surface area contributed by atoms with Crippen molar-refractivity contribution in [3.63, 3.8) is 0 Å². The van der Waals surface area contributed by atoms with Crippen LogP contribution in [-0.4, -0.2) is 47.0 Å². The van der Waals surface area contributed by atoms with E-state index in [-0.39, 0.29) is 0 Å². The van der Waals surface area contributed by atoms with Gasteiger partial charge in [-0.25, -0.2) is 0 Å². The summed E-state index contributed by atoms with van der Waals surface area (Å²) in [5.74, 6) is 0. The maximum Gasteiger partial charge on any atom is 0.175 e. The van der Waals surface area contributed by atoms with Gasteiger partial charge < -0.3 is 13.9 Å². The molecule has 3 radical (unpaired) electrons. The van der Waals surface area contributed by atoms with Crippen LogP contribution in [0.15, 0.2) is 0 Å². The van der Waals surface area contributed by atoms with Gasteiger partial charge in [-0.1, -0.05) is 0 Å². The van der Waals surface area contributed by atoms with Crippen LogP contribution in [0.5, 0.6) is 0 Å². The molecule has 2 atom stereocenters. The summed E-state index contributed by atoms with van der Waals surface area (Å²) in [5, 5.41) is 0. The molecule has 0 heterocycles. The Morgan fingerprint density at radius 2 is 1.90 bits per heavy atom. The molecule has 0 saturated carbocycles. The molecule has 0 saturated heterocycles. The number of rotatable bonds is 4. The monoisotopic (exact) mass is 190 g/mol. The normalized spacial score (nSPS) is 17.4. The molecule has 0 aromatic rings. The van der Waals surface area contributed by atoms with Crippen LogP contribution in [-0.2, 0) is 0 Å². The molecule has 0 amide bonds. The first kappa shape index (κ1) is 10.5. The summed E-state index contributed by atoms with van der Waals surface area (Å²) in [7, 11) is 5.88. The highest BCUT2D eigenvalue weighted by molar-refractivity contribution is 6.71. The molecule has 0 aliphatic carbocycles. The Balaban J connectivity index is 3.46. The molecule has 10 heavy (non-hydrogen) atoms. The number of hydrogen-bond donors (Lipinski definition) is 2. The van der Waals surface area contributed by atoms with Crippen molar-refractivity contribution in [2.75, 3.05) is 14.1 Å². The highest BCUT2D eigenvalue weighted by Gasteiger charge is 2.09. The first-order valence-electron chi connectivity index (χ1n) is 3.45. The molecule has 0 aliphatic rings. The number of nitrogens with one attached hydrogen (secondary N) is 2. The lowest BCUT2D eigenvalue weighted by atomic mass is 11.6. The van der Waals surface area contributed by atoms with E-state index in [0.29, 0.717) is 0 Å². The molecule has 0 rings (SSSR count). The van der Waals surface area contributed by atoms with E-state index in [2.05, 4.69) is 44.4 Å². The summed E-state index contributed by atoms with van der Waals surface area (Å²) >= 11 is 0. The summed E-state index contributed by atoms with van der Waals surface area (Å²) in [6.45, 7) is 4.51. The minimum absolute atomic E-state index is 0.806. The van der Waals surface area contributed by atoms with Crippen molar-refractivity contribution in [1.82, 2.24) is 13.9 Å². The molecular weight excluding hydrogens is 174 g/mol. The van der Waals surface area contributed by atoms with E-state index in [0.717, 1.165) is 0 Å². The van der Waals surface area contributed by atoms with Crippen LogP contribution in [0.1, 0.15) is 0 Å². The van der Waals surface area contributed by atoms with Crippen LogP contribution >= 0.6 is 0 Å². The lowest BCUT2D eigenvalue weighted by Gasteiger charge is -2.22. The van der Waals surface area contributed by atoms with Gasteiger partial charge in [-0.15, -0.1) is 0 Å². The summed E-state index contributed by atoms with van der Waals surface area (Å²) in [5.41, 5.74) is 0. The van der Waals surface area contributed by atoms with Crippen molar-refractivity contribution in [3.05, 3.63) is 0 Å². The van der Waals surface area contributed by atoms with Gasteiger partial charge in [-0.2, -0.15) is 0 Å². The zero-order valence-electron chi connectivity index (χ0n) is 7.10. The molecule has 0 fully saturated rings. The van der Waals surface area contributed by atoms with E-state index in [4.69, 9.17) is 0 Å². The second-order valence-corrected chi connectivity index (χ2v) is 9.17. The molecule has 0 aromatic heterocycles. The van der Waals surface area contributed by atoms with E-state index >= 15 is 0 Å². The first-order valence-corrected chi connectivity index (χ1v) is 8.45. The van der Waals surface area contributed by atoms with Gasteiger partial charge in [0.2, 0.25) is 0 Å². The van der Waals surface area contributed by atoms with Crippen LogP contribution in [0.25, 0.3) is 0 Å². The Morgan fingerprint density at radius 1 is 1.40 bits per heavy atom. The van der Waals surface area contributed by atoms with Crippen molar-refractivity contribution in [2.45, 2.75) is 13.1 Å². The fourth-order valence-corrected chi connectivity index (χ4v) is 5.68. The van der Waals surface area contributed by atoms with Crippen LogP contribution in [0.3, 0.4) is 0 Å². The third-order valence-corrected chi connectivity index (χ3v) is 8.62. The lowest BCUT2D eigenvalue weighted by molar-refractivity contribution is 0.826. The summed E-state index contributed by atoms with van der Waals surface area (Å²) in [6.07, 6.45) is 0. The van der Waals surface area contributed by atoms with Crippen molar-refractivity contribution in [2.24, 2.45) is 0 Å². The quantitative estimate of drug-likeness (QED) is 0.529. The van der Waals surface area contributed by atoms with Gasteiger partial charge in [-0.05, 0) is 27.2 Å². The largest absolute Gasteiger partial charge is 0.343 e. The summed E-state index contributed by atoms with van der Waals surface area (Å²) in [4.78, 5) is 3.26. The number of nitrogens with zero attached hydrogens (tertiary/aromatic N) is 1. The molecule has 0 bridgehead atoms. The van der Waals surface area contributed by atoms with Crippen LogP contribution in [0.4, 0.5) is 0 Å². The van der Waals surface area contributed by atoms with Crippen molar-refractivity contribution in [1.29, 1.82) is 0 Å². The third-order valence-electron chi connectivity index (χ3n) is 1.51. The van der Waals surface area contributed by atoms with Crippen LogP contribution in [0.2, 0.25) is 13.1 Å². The smallest absolute Gasteiger partial charge is 0.175 e. The van der Waals surface area contributed by atoms with E-state index in [1.54, 1.807) is 0 Å². The number of hydrogen-bond acceptors (Lipinski definition) is 3. The minimum Gasteiger partial charge on any atom is -0.343 e. The average Bonchev–Trinajstić information content (AvgIpc) is 1.87. The Labute approximate surface area is 70.2 Å². The van der Waals surface area contributed by atoms with Crippen LogP contribution in [0, 0.1) is 0 Å². The SMILES string of the molecule is CN[SiH](C)N[SiH](C)N(C)[Si]. The zero-order valence-corrected chi connectivity index (χ0v) is 10.4.